The number of unbranched alkanes of at least 4 members (excludes halogenated alkanes) is 1. The smallest absolute Gasteiger partial charge is 0.333 e. The molecule has 0 bridgehead atoms. The van der Waals surface area contributed by atoms with Crippen molar-refractivity contribution >= 4 is 16.7 Å². The topological polar surface area (TPSA) is 35.5 Å². The van der Waals surface area contributed by atoms with Crippen LogP contribution in [0, 0.1) is 0 Å². The zero-order valence-corrected chi connectivity index (χ0v) is 12.2. The zero-order chi connectivity index (χ0) is 15.1. The summed E-state index contributed by atoms with van der Waals surface area (Å²) in [6, 6.07) is 13.8. The first-order valence-electron chi connectivity index (χ1n) is 7.22. The summed E-state index contributed by atoms with van der Waals surface area (Å²) in [5, 5.41) is 2.11. The van der Waals surface area contributed by atoms with Crippen molar-refractivity contribution in [2.45, 2.75) is 32.5 Å². The number of hydrogen-bond acceptors (Lipinski definition) is 3. The van der Waals surface area contributed by atoms with Crippen LogP contribution in [0.25, 0.3) is 10.8 Å². The lowest BCUT2D eigenvalue weighted by atomic mass is 10.1. The molecule has 0 amide bonds. The Morgan fingerprint density at radius 1 is 1.24 bits per heavy atom. The van der Waals surface area contributed by atoms with Crippen LogP contribution in [0.1, 0.15) is 26.2 Å². The second kappa shape index (κ2) is 7.48. The first-order chi connectivity index (χ1) is 10.2. The van der Waals surface area contributed by atoms with Crippen LogP contribution in [0.2, 0.25) is 0 Å². The minimum atomic E-state index is -0.582. The molecule has 21 heavy (non-hydrogen) atoms. The number of carbonyl (C=O) groups excluding carboxylic acids is 1. The van der Waals surface area contributed by atoms with Crippen molar-refractivity contribution in [3.63, 3.8) is 0 Å². The minimum Gasteiger partial charge on any atom is -0.454 e. The van der Waals surface area contributed by atoms with Crippen molar-refractivity contribution in [3.05, 3.63) is 55.1 Å². The van der Waals surface area contributed by atoms with E-state index in [4.69, 9.17) is 9.47 Å². The number of benzene rings is 2. The van der Waals surface area contributed by atoms with E-state index in [1.807, 2.05) is 42.5 Å². The second-order valence-corrected chi connectivity index (χ2v) is 4.81. The maximum Gasteiger partial charge on any atom is 0.333 e. The monoisotopic (exact) mass is 284 g/mol. The van der Waals surface area contributed by atoms with Crippen molar-refractivity contribution in [2.75, 3.05) is 0 Å². The van der Waals surface area contributed by atoms with E-state index in [0.717, 1.165) is 35.4 Å². The van der Waals surface area contributed by atoms with Gasteiger partial charge in [0.1, 0.15) is 5.75 Å². The van der Waals surface area contributed by atoms with Crippen LogP contribution < -0.4 is 4.74 Å². The Bertz CT molecular complexity index is 613. The van der Waals surface area contributed by atoms with Gasteiger partial charge in [-0.2, -0.15) is 0 Å². The normalized spacial score (nSPS) is 11.9. The van der Waals surface area contributed by atoms with E-state index >= 15 is 0 Å². The fourth-order valence-corrected chi connectivity index (χ4v) is 2.13. The lowest BCUT2D eigenvalue weighted by Crippen LogP contribution is -2.23. The van der Waals surface area contributed by atoms with Gasteiger partial charge in [-0.15, -0.1) is 0 Å². The summed E-state index contributed by atoms with van der Waals surface area (Å²) in [6.07, 6.45) is 3.19. The Kier molecular flexibility index (Phi) is 5.38. The van der Waals surface area contributed by atoms with Gasteiger partial charge in [-0.3, -0.25) is 0 Å². The molecule has 0 heterocycles. The predicted molar refractivity (Wildman–Crippen MR) is 84.2 cm³/mol. The summed E-state index contributed by atoms with van der Waals surface area (Å²) in [6.45, 7) is 5.51. The summed E-state index contributed by atoms with van der Waals surface area (Å²) in [4.78, 5) is 11.4. The first-order valence-corrected chi connectivity index (χ1v) is 7.22. The van der Waals surface area contributed by atoms with E-state index in [2.05, 4.69) is 13.5 Å². The van der Waals surface area contributed by atoms with E-state index in [1.54, 1.807) is 0 Å². The van der Waals surface area contributed by atoms with Gasteiger partial charge in [0.05, 0.1) is 0 Å². The molecule has 0 fully saturated rings. The van der Waals surface area contributed by atoms with Crippen molar-refractivity contribution in [1.82, 2.24) is 0 Å². The van der Waals surface area contributed by atoms with Crippen LogP contribution in [-0.4, -0.2) is 12.3 Å². The fraction of sp³-hybridized carbons (Fsp3) is 0.278. The highest BCUT2D eigenvalue weighted by Crippen LogP contribution is 2.27. The van der Waals surface area contributed by atoms with Gasteiger partial charge in [0.15, 0.2) is 0 Å². The third-order valence-corrected chi connectivity index (χ3v) is 3.22. The molecule has 0 N–H and O–H groups in total. The summed E-state index contributed by atoms with van der Waals surface area (Å²) in [5.41, 5.74) is 0. The second-order valence-electron chi connectivity index (χ2n) is 4.81. The molecule has 0 radical (unpaired) electrons. The lowest BCUT2D eigenvalue weighted by molar-refractivity contribution is -0.158. The van der Waals surface area contributed by atoms with Gasteiger partial charge in [-0.05, 0) is 17.9 Å². The molecule has 0 spiro atoms. The van der Waals surface area contributed by atoms with Crippen LogP contribution in [0.15, 0.2) is 55.1 Å². The van der Waals surface area contributed by atoms with E-state index in [0.29, 0.717) is 6.42 Å². The van der Waals surface area contributed by atoms with Crippen LogP contribution in [-0.2, 0) is 9.53 Å². The van der Waals surface area contributed by atoms with E-state index < -0.39 is 12.3 Å². The maximum atomic E-state index is 11.4. The number of hydrogen-bond donors (Lipinski definition) is 0. The predicted octanol–water partition coefficient (Wildman–Crippen LogP) is 4.46. The molecule has 0 aliphatic rings. The Morgan fingerprint density at radius 3 is 2.76 bits per heavy atom. The molecule has 0 saturated carbocycles. The standard InChI is InChI=1S/C18H20O3/c1-3-5-13-18(21-17(19)4-2)20-16-12-8-10-14-9-6-7-11-15(14)16/h4,6-12,18H,2-3,5,13H2,1H3. The zero-order valence-electron chi connectivity index (χ0n) is 12.2. The van der Waals surface area contributed by atoms with Crippen LogP contribution >= 0.6 is 0 Å². The Labute approximate surface area is 125 Å². The molecule has 0 aliphatic carbocycles. The molecule has 0 aromatic heterocycles. The van der Waals surface area contributed by atoms with Gasteiger partial charge >= 0.3 is 5.97 Å². The SMILES string of the molecule is C=CC(=O)OC(CCCC)Oc1cccc2ccccc12. The number of carbonyl (C=O) groups is 1. The van der Waals surface area contributed by atoms with Crippen LogP contribution in [0.3, 0.4) is 0 Å². The van der Waals surface area contributed by atoms with E-state index in [-0.39, 0.29) is 0 Å². The van der Waals surface area contributed by atoms with Crippen LogP contribution in [0.4, 0.5) is 0 Å². The van der Waals surface area contributed by atoms with Crippen molar-refractivity contribution in [3.8, 4) is 5.75 Å². The van der Waals surface area contributed by atoms with Gasteiger partial charge in [-0.25, -0.2) is 4.79 Å². The molecule has 0 saturated heterocycles. The number of fused-ring (bicyclic) bond motifs is 1. The van der Waals surface area contributed by atoms with Crippen LogP contribution in [0.5, 0.6) is 5.75 Å². The maximum absolute atomic E-state index is 11.4. The average Bonchev–Trinajstić information content (AvgIpc) is 2.52. The molecule has 2 rings (SSSR count). The van der Waals surface area contributed by atoms with E-state index in [1.165, 1.54) is 0 Å². The molecule has 110 valence electrons. The van der Waals surface area contributed by atoms with Crippen molar-refractivity contribution < 1.29 is 14.3 Å². The summed E-state index contributed by atoms with van der Waals surface area (Å²) < 4.78 is 11.2. The Hall–Kier alpha value is -2.29. The van der Waals surface area contributed by atoms with Gasteiger partial charge < -0.3 is 9.47 Å². The fourth-order valence-electron chi connectivity index (χ4n) is 2.13. The third-order valence-electron chi connectivity index (χ3n) is 3.22. The molecule has 3 heteroatoms. The molecular formula is C18H20O3. The molecule has 1 atom stereocenters. The number of esters is 1. The number of ether oxygens (including phenoxy) is 2. The van der Waals surface area contributed by atoms with Gasteiger partial charge in [0.2, 0.25) is 6.29 Å². The molecule has 0 aliphatic heterocycles. The lowest BCUT2D eigenvalue weighted by Gasteiger charge is -2.19. The average molecular weight is 284 g/mol. The molecule has 1 unspecified atom stereocenters. The minimum absolute atomic E-state index is 0.462. The highest BCUT2D eigenvalue weighted by molar-refractivity contribution is 5.88. The summed E-state index contributed by atoms with van der Waals surface area (Å²) in [7, 11) is 0. The van der Waals surface area contributed by atoms with Crippen molar-refractivity contribution in [2.24, 2.45) is 0 Å². The van der Waals surface area contributed by atoms with Gasteiger partial charge in [0.25, 0.3) is 0 Å². The Morgan fingerprint density at radius 2 is 2.00 bits per heavy atom. The largest absolute Gasteiger partial charge is 0.454 e. The van der Waals surface area contributed by atoms with Gasteiger partial charge in [-0.1, -0.05) is 56.3 Å². The molecule has 2 aromatic rings. The number of rotatable bonds is 7. The highest BCUT2D eigenvalue weighted by Gasteiger charge is 2.15. The summed E-state index contributed by atoms with van der Waals surface area (Å²) in [5.74, 6) is 0.266. The Balaban J connectivity index is 2.20. The van der Waals surface area contributed by atoms with Crippen molar-refractivity contribution in [1.29, 1.82) is 0 Å². The molecule has 3 nitrogen and oxygen atoms in total. The quantitative estimate of drug-likeness (QED) is 0.427. The summed E-state index contributed by atoms with van der Waals surface area (Å²) >= 11 is 0. The third kappa shape index (κ3) is 4.09. The molecule has 2 aromatic carbocycles. The first kappa shape index (κ1) is 15.1. The van der Waals surface area contributed by atoms with E-state index in [9.17, 15) is 4.79 Å². The molecular weight excluding hydrogens is 264 g/mol. The highest BCUT2D eigenvalue weighted by atomic mass is 16.7. The van der Waals surface area contributed by atoms with Gasteiger partial charge in [0, 0.05) is 17.9 Å².